The lowest BCUT2D eigenvalue weighted by Crippen LogP contribution is -2.41. The van der Waals surface area contributed by atoms with E-state index < -0.39 is 0 Å². The number of hydrogen-bond donors (Lipinski definition) is 2. The molecule has 1 heterocycles. The molecular formula is C22H30N4O. The van der Waals surface area contributed by atoms with Crippen molar-refractivity contribution in [1.29, 1.82) is 0 Å². The smallest absolute Gasteiger partial charge is 0.191 e. The first-order valence-electron chi connectivity index (χ1n) is 9.60. The average Bonchev–Trinajstić information content (AvgIpc) is 3.20. The SMILES string of the molecule is CN=C(NCC1CCN(c2cccc(OC)c2)C1)NC(C)c1ccccc1. The van der Waals surface area contributed by atoms with Crippen molar-refractivity contribution >= 4 is 11.6 Å². The Morgan fingerprint density at radius 3 is 2.78 bits per heavy atom. The summed E-state index contributed by atoms with van der Waals surface area (Å²) in [4.78, 5) is 6.81. The third kappa shape index (κ3) is 5.16. The lowest BCUT2D eigenvalue weighted by molar-refractivity contribution is 0.415. The number of aliphatic imine (C=N–C) groups is 1. The van der Waals surface area contributed by atoms with Gasteiger partial charge in [-0.05, 0) is 37.0 Å². The number of rotatable bonds is 6. The van der Waals surface area contributed by atoms with Crippen LogP contribution in [-0.4, -0.2) is 39.8 Å². The lowest BCUT2D eigenvalue weighted by atomic mass is 10.1. The fourth-order valence-electron chi connectivity index (χ4n) is 3.51. The third-order valence-corrected chi connectivity index (χ3v) is 5.14. The Morgan fingerprint density at radius 1 is 1.22 bits per heavy atom. The minimum Gasteiger partial charge on any atom is -0.497 e. The molecule has 0 saturated carbocycles. The van der Waals surface area contributed by atoms with Gasteiger partial charge in [0.1, 0.15) is 5.75 Å². The van der Waals surface area contributed by atoms with E-state index in [9.17, 15) is 0 Å². The van der Waals surface area contributed by atoms with Crippen LogP contribution < -0.4 is 20.3 Å². The zero-order chi connectivity index (χ0) is 19.1. The topological polar surface area (TPSA) is 48.9 Å². The van der Waals surface area contributed by atoms with Crippen molar-refractivity contribution in [2.75, 3.05) is 38.7 Å². The predicted octanol–water partition coefficient (Wildman–Crippen LogP) is 3.45. The number of anilines is 1. The second-order valence-corrected chi connectivity index (χ2v) is 7.03. The van der Waals surface area contributed by atoms with E-state index in [-0.39, 0.29) is 6.04 Å². The van der Waals surface area contributed by atoms with Crippen LogP contribution in [0.15, 0.2) is 59.6 Å². The largest absolute Gasteiger partial charge is 0.497 e. The van der Waals surface area contributed by atoms with Crippen LogP contribution in [0.1, 0.15) is 24.9 Å². The second-order valence-electron chi connectivity index (χ2n) is 7.03. The molecule has 0 radical (unpaired) electrons. The van der Waals surface area contributed by atoms with Gasteiger partial charge >= 0.3 is 0 Å². The van der Waals surface area contributed by atoms with Crippen LogP contribution in [0.2, 0.25) is 0 Å². The van der Waals surface area contributed by atoms with E-state index in [1.807, 2.05) is 19.2 Å². The van der Waals surface area contributed by atoms with Gasteiger partial charge in [-0.1, -0.05) is 36.4 Å². The highest BCUT2D eigenvalue weighted by Crippen LogP contribution is 2.26. The summed E-state index contributed by atoms with van der Waals surface area (Å²) in [5.41, 5.74) is 2.49. The molecule has 2 unspecified atom stereocenters. The van der Waals surface area contributed by atoms with E-state index >= 15 is 0 Å². The summed E-state index contributed by atoms with van der Waals surface area (Å²) in [6.45, 7) is 5.20. The molecule has 1 aliphatic heterocycles. The molecule has 0 amide bonds. The molecule has 1 aliphatic rings. The fourth-order valence-corrected chi connectivity index (χ4v) is 3.51. The maximum absolute atomic E-state index is 5.35. The Morgan fingerprint density at radius 2 is 2.04 bits per heavy atom. The quantitative estimate of drug-likeness (QED) is 0.607. The Hall–Kier alpha value is -2.69. The van der Waals surface area contributed by atoms with Gasteiger partial charge in [-0.2, -0.15) is 0 Å². The molecule has 1 saturated heterocycles. The van der Waals surface area contributed by atoms with Crippen LogP contribution >= 0.6 is 0 Å². The number of nitrogens with zero attached hydrogens (tertiary/aromatic N) is 2. The van der Waals surface area contributed by atoms with Gasteiger partial charge in [-0.3, -0.25) is 4.99 Å². The molecule has 2 atom stereocenters. The van der Waals surface area contributed by atoms with Gasteiger partial charge < -0.3 is 20.3 Å². The molecule has 27 heavy (non-hydrogen) atoms. The monoisotopic (exact) mass is 366 g/mol. The van der Waals surface area contributed by atoms with Gasteiger partial charge in [-0.25, -0.2) is 0 Å². The minimum atomic E-state index is 0.217. The number of nitrogens with one attached hydrogen (secondary N) is 2. The zero-order valence-electron chi connectivity index (χ0n) is 16.5. The highest BCUT2D eigenvalue weighted by molar-refractivity contribution is 5.80. The molecule has 2 aromatic carbocycles. The highest BCUT2D eigenvalue weighted by atomic mass is 16.5. The number of benzene rings is 2. The standard InChI is InChI=1S/C22H30N4O/c1-17(19-8-5-4-6-9-19)25-22(23-2)24-15-18-12-13-26(16-18)20-10-7-11-21(14-20)27-3/h4-11,14,17-18H,12-13,15-16H2,1-3H3,(H2,23,24,25). The molecule has 2 N–H and O–H groups in total. The van der Waals surface area contributed by atoms with Gasteiger partial charge in [0, 0.05) is 38.4 Å². The average molecular weight is 367 g/mol. The molecule has 0 aliphatic carbocycles. The Bertz CT molecular complexity index is 747. The van der Waals surface area contributed by atoms with E-state index in [2.05, 4.69) is 69.9 Å². The van der Waals surface area contributed by atoms with Crippen molar-refractivity contribution in [2.45, 2.75) is 19.4 Å². The first-order valence-corrected chi connectivity index (χ1v) is 9.60. The summed E-state index contributed by atoms with van der Waals surface area (Å²) in [6.07, 6.45) is 1.18. The van der Waals surface area contributed by atoms with Crippen molar-refractivity contribution in [3.63, 3.8) is 0 Å². The van der Waals surface area contributed by atoms with Gasteiger partial charge in [-0.15, -0.1) is 0 Å². The predicted molar refractivity (Wildman–Crippen MR) is 113 cm³/mol. The molecule has 5 heteroatoms. The molecule has 2 aromatic rings. The fraction of sp³-hybridized carbons (Fsp3) is 0.409. The summed E-state index contributed by atoms with van der Waals surface area (Å²) in [6, 6.07) is 19.0. The van der Waals surface area contributed by atoms with Crippen molar-refractivity contribution < 1.29 is 4.74 Å². The van der Waals surface area contributed by atoms with Crippen molar-refractivity contribution in [1.82, 2.24) is 10.6 Å². The van der Waals surface area contributed by atoms with Gasteiger partial charge in [0.2, 0.25) is 0 Å². The van der Waals surface area contributed by atoms with Crippen molar-refractivity contribution in [2.24, 2.45) is 10.9 Å². The summed E-state index contributed by atoms with van der Waals surface area (Å²) < 4.78 is 5.35. The normalized spacial score (nSPS) is 18.3. The molecule has 144 valence electrons. The Balaban J connectivity index is 1.49. The summed E-state index contributed by atoms with van der Waals surface area (Å²) in [5.74, 6) is 2.36. The first kappa shape index (κ1) is 19.1. The van der Waals surface area contributed by atoms with Gasteiger partial charge in [0.05, 0.1) is 13.2 Å². The molecular weight excluding hydrogens is 336 g/mol. The van der Waals surface area contributed by atoms with Crippen molar-refractivity contribution in [3.05, 3.63) is 60.2 Å². The number of methoxy groups -OCH3 is 1. The molecule has 0 aromatic heterocycles. The van der Waals surface area contributed by atoms with E-state index in [0.717, 1.165) is 31.3 Å². The Kier molecular flexibility index (Phi) is 6.58. The van der Waals surface area contributed by atoms with Crippen LogP contribution in [0.3, 0.4) is 0 Å². The van der Waals surface area contributed by atoms with E-state index in [1.54, 1.807) is 7.11 Å². The number of ether oxygens (including phenoxy) is 1. The molecule has 5 nitrogen and oxygen atoms in total. The second kappa shape index (κ2) is 9.31. The number of hydrogen-bond acceptors (Lipinski definition) is 3. The van der Waals surface area contributed by atoms with Crippen LogP contribution in [0.4, 0.5) is 5.69 Å². The molecule has 0 spiro atoms. The van der Waals surface area contributed by atoms with Gasteiger partial charge in [0.25, 0.3) is 0 Å². The molecule has 0 bridgehead atoms. The summed E-state index contributed by atoms with van der Waals surface area (Å²) in [7, 11) is 3.54. The van der Waals surface area contributed by atoms with Crippen LogP contribution in [0, 0.1) is 5.92 Å². The van der Waals surface area contributed by atoms with Gasteiger partial charge in [0.15, 0.2) is 5.96 Å². The van der Waals surface area contributed by atoms with E-state index in [0.29, 0.717) is 5.92 Å². The highest BCUT2D eigenvalue weighted by Gasteiger charge is 2.23. The summed E-state index contributed by atoms with van der Waals surface area (Å²) in [5, 5.41) is 6.97. The van der Waals surface area contributed by atoms with E-state index in [1.165, 1.54) is 17.7 Å². The minimum absolute atomic E-state index is 0.217. The maximum atomic E-state index is 5.35. The third-order valence-electron chi connectivity index (χ3n) is 5.14. The molecule has 1 fully saturated rings. The number of guanidine groups is 1. The maximum Gasteiger partial charge on any atom is 0.191 e. The van der Waals surface area contributed by atoms with Crippen LogP contribution in [0.5, 0.6) is 5.75 Å². The first-order chi connectivity index (χ1) is 13.2. The Labute approximate surface area is 162 Å². The zero-order valence-corrected chi connectivity index (χ0v) is 16.5. The van der Waals surface area contributed by atoms with Crippen molar-refractivity contribution in [3.8, 4) is 5.75 Å². The lowest BCUT2D eigenvalue weighted by Gasteiger charge is -2.21. The van der Waals surface area contributed by atoms with Crippen LogP contribution in [0.25, 0.3) is 0 Å². The summed E-state index contributed by atoms with van der Waals surface area (Å²) >= 11 is 0. The molecule has 3 rings (SSSR count). The van der Waals surface area contributed by atoms with E-state index in [4.69, 9.17) is 4.74 Å². The van der Waals surface area contributed by atoms with Crippen LogP contribution in [-0.2, 0) is 0 Å².